The number of methoxy groups -OCH3 is 1. The van der Waals surface area contributed by atoms with Crippen LogP contribution in [0, 0.1) is 0 Å². The monoisotopic (exact) mass is 333 g/mol. The third-order valence-corrected chi connectivity index (χ3v) is 3.83. The zero-order valence-electron chi connectivity index (χ0n) is 14.2. The maximum Gasteiger partial charge on any atom is 0.357 e. The molecule has 0 unspecified atom stereocenters. The van der Waals surface area contributed by atoms with Crippen molar-refractivity contribution in [3.63, 3.8) is 0 Å². The van der Waals surface area contributed by atoms with Crippen LogP contribution in [0.25, 0.3) is 10.8 Å². The number of carbonyl (C=O) groups excluding carboxylic acids is 1. The average Bonchev–Trinajstić information content (AvgIpc) is 2.66. The van der Waals surface area contributed by atoms with Crippen molar-refractivity contribution in [2.75, 3.05) is 13.7 Å². The number of aliphatic imine (C=N–C) groups is 1. The number of fused-ring (bicyclic) bond motifs is 1. The highest BCUT2D eigenvalue weighted by Crippen LogP contribution is 2.23. The lowest BCUT2D eigenvalue weighted by atomic mass is 10.0. The molecule has 126 valence electrons. The summed E-state index contributed by atoms with van der Waals surface area (Å²) in [6, 6.07) is 21.0. The number of rotatable bonds is 5. The fraction of sp³-hybridized carbons (Fsp3) is 0.143. The number of benzene rings is 3. The Morgan fingerprint density at radius 2 is 1.68 bits per heavy atom. The number of nitrogens with zero attached hydrogens (tertiary/aromatic N) is 1. The number of hydrogen-bond acceptors (Lipinski definition) is 4. The number of esters is 1. The zero-order chi connectivity index (χ0) is 17.6. The van der Waals surface area contributed by atoms with Crippen LogP contribution in [-0.2, 0) is 9.53 Å². The van der Waals surface area contributed by atoms with Crippen molar-refractivity contribution < 1.29 is 14.3 Å². The van der Waals surface area contributed by atoms with E-state index in [1.807, 2.05) is 66.7 Å². The minimum absolute atomic E-state index is 0.295. The average molecular weight is 333 g/mol. The fourth-order valence-corrected chi connectivity index (χ4v) is 2.63. The fourth-order valence-electron chi connectivity index (χ4n) is 2.63. The van der Waals surface area contributed by atoms with Gasteiger partial charge >= 0.3 is 5.97 Å². The molecule has 4 heteroatoms. The molecule has 3 rings (SSSR count). The molecule has 0 aromatic heterocycles. The van der Waals surface area contributed by atoms with Crippen molar-refractivity contribution in [1.82, 2.24) is 0 Å². The molecule has 0 atom stereocenters. The molecule has 0 bridgehead atoms. The van der Waals surface area contributed by atoms with Crippen LogP contribution in [0.3, 0.4) is 0 Å². The predicted octanol–water partition coefficient (Wildman–Crippen LogP) is 4.53. The van der Waals surface area contributed by atoms with E-state index in [0.717, 1.165) is 22.1 Å². The summed E-state index contributed by atoms with van der Waals surface area (Å²) in [4.78, 5) is 17.1. The minimum atomic E-state index is -0.435. The molecule has 0 heterocycles. The maximum atomic E-state index is 12.5. The van der Waals surface area contributed by atoms with Crippen LogP contribution < -0.4 is 4.74 Å². The Morgan fingerprint density at radius 3 is 2.40 bits per heavy atom. The van der Waals surface area contributed by atoms with E-state index in [9.17, 15) is 4.79 Å². The highest BCUT2D eigenvalue weighted by molar-refractivity contribution is 6.45. The second-order valence-electron chi connectivity index (χ2n) is 5.41. The van der Waals surface area contributed by atoms with Crippen LogP contribution >= 0.6 is 0 Å². The number of hydrogen-bond donors (Lipinski definition) is 0. The second kappa shape index (κ2) is 7.62. The smallest absolute Gasteiger partial charge is 0.357 e. The van der Waals surface area contributed by atoms with Crippen molar-refractivity contribution in [1.29, 1.82) is 0 Å². The third kappa shape index (κ3) is 3.69. The lowest BCUT2D eigenvalue weighted by molar-refractivity contribution is -0.134. The van der Waals surface area contributed by atoms with Crippen molar-refractivity contribution in [3.8, 4) is 5.75 Å². The molecule has 25 heavy (non-hydrogen) atoms. The molecule has 3 aromatic carbocycles. The Morgan fingerprint density at radius 1 is 0.960 bits per heavy atom. The van der Waals surface area contributed by atoms with E-state index in [1.165, 1.54) is 0 Å². The van der Waals surface area contributed by atoms with Crippen LogP contribution in [0.5, 0.6) is 5.75 Å². The standard InChI is InChI=1S/C21H19NO3/c1-3-25-21(23)20(22-16-11-13-17(24-2)14-12-16)19-10-6-8-15-7-4-5-9-18(15)19/h4-14H,3H2,1-2H3. The van der Waals surface area contributed by atoms with Gasteiger partial charge < -0.3 is 9.47 Å². The summed E-state index contributed by atoms with van der Waals surface area (Å²) >= 11 is 0. The first-order valence-corrected chi connectivity index (χ1v) is 8.11. The first-order chi connectivity index (χ1) is 12.2. The quantitative estimate of drug-likeness (QED) is 0.509. The van der Waals surface area contributed by atoms with E-state index in [1.54, 1.807) is 14.0 Å². The molecule has 0 saturated heterocycles. The molecule has 3 aromatic rings. The molecule has 0 aliphatic carbocycles. The summed E-state index contributed by atoms with van der Waals surface area (Å²) < 4.78 is 10.4. The Balaban J connectivity index is 2.13. The van der Waals surface area contributed by atoms with Gasteiger partial charge in [-0.1, -0.05) is 42.5 Å². The molecule has 0 N–H and O–H groups in total. The lowest BCUT2D eigenvalue weighted by Crippen LogP contribution is -2.19. The molecular formula is C21H19NO3. The minimum Gasteiger partial charge on any atom is -0.497 e. The number of ether oxygens (including phenoxy) is 2. The van der Waals surface area contributed by atoms with Crippen LogP contribution in [0.2, 0.25) is 0 Å². The summed E-state index contributed by atoms with van der Waals surface area (Å²) in [5.41, 5.74) is 1.72. The lowest BCUT2D eigenvalue weighted by Gasteiger charge is -2.10. The topological polar surface area (TPSA) is 47.9 Å². The van der Waals surface area contributed by atoms with Crippen LogP contribution in [-0.4, -0.2) is 25.4 Å². The van der Waals surface area contributed by atoms with Crippen LogP contribution in [0.15, 0.2) is 71.7 Å². The van der Waals surface area contributed by atoms with Gasteiger partial charge in [0.25, 0.3) is 0 Å². The molecule has 4 nitrogen and oxygen atoms in total. The van der Waals surface area contributed by atoms with Gasteiger partial charge in [0.15, 0.2) is 5.71 Å². The summed E-state index contributed by atoms with van der Waals surface area (Å²) in [5.74, 6) is 0.302. The van der Waals surface area contributed by atoms with E-state index < -0.39 is 5.97 Å². The van der Waals surface area contributed by atoms with Gasteiger partial charge in [-0.3, -0.25) is 0 Å². The molecule has 0 saturated carbocycles. The Hall–Kier alpha value is -3.14. The van der Waals surface area contributed by atoms with Crippen molar-refractivity contribution >= 4 is 28.1 Å². The largest absolute Gasteiger partial charge is 0.497 e. The SMILES string of the molecule is CCOC(=O)C(=Nc1ccc(OC)cc1)c1cccc2ccccc12. The maximum absolute atomic E-state index is 12.5. The second-order valence-corrected chi connectivity index (χ2v) is 5.41. The normalized spacial score (nSPS) is 11.4. The van der Waals surface area contributed by atoms with Crippen LogP contribution in [0.4, 0.5) is 5.69 Å². The highest BCUT2D eigenvalue weighted by Gasteiger charge is 2.18. The van der Waals surface area contributed by atoms with Crippen molar-refractivity contribution in [2.24, 2.45) is 4.99 Å². The Labute approximate surface area is 146 Å². The first kappa shape index (κ1) is 16.7. The summed E-state index contributed by atoms with van der Waals surface area (Å²) in [6.07, 6.45) is 0. The molecule has 0 aliphatic heterocycles. The third-order valence-electron chi connectivity index (χ3n) is 3.83. The van der Waals surface area contributed by atoms with E-state index in [2.05, 4.69) is 4.99 Å². The molecule has 0 fully saturated rings. The molecule has 0 amide bonds. The van der Waals surface area contributed by atoms with Gasteiger partial charge in [0, 0.05) is 5.56 Å². The van der Waals surface area contributed by atoms with E-state index >= 15 is 0 Å². The van der Waals surface area contributed by atoms with E-state index in [-0.39, 0.29) is 0 Å². The van der Waals surface area contributed by atoms with Gasteiger partial charge in [-0.2, -0.15) is 0 Å². The van der Waals surface area contributed by atoms with Gasteiger partial charge in [0.1, 0.15) is 5.75 Å². The van der Waals surface area contributed by atoms with E-state index in [0.29, 0.717) is 18.0 Å². The van der Waals surface area contributed by atoms with Crippen LogP contribution in [0.1, 0.15) is 12.5 Å². The Kier molecular flexibility index (Phi) is 5.09. The number of carbonyl (C=O) groups is 1. The van der Waals surface area contributed by atoms with Crippen molar-refractivity contribution in [2.45, 2.75) is 6.92 Å². The zero-order valence-corrected chi connectivity index (χ0v) is 14.2. The summed E-state index contributed by atoms with van der Waals surface area (Å²) in [6.45, 7) is 2.08. The summed E-state index contributed by atoms with van der Waals surface area (Å²) in [7, 11) is 1.61. The van der Waals surface area contributed by atoms with E-state index in [4.69, 9.17) is 9.47 Å². The highest BCUT2D eigenvalue weighted by atomic mass is 16.5. The molecule has 0 aliphatic rings. The van der Waals surface area contributed by atoms with Gasteiger partial charge in [0.05, 0.1) is 19.4 Å². The van der Waals surface area contributed by atoms with Gasteiger partial charge in [0.2, 0.25) is 0 Å². The molecule has 0 spiro atoms. The predicted molar refractivity (Wildman–Crippen MR) is 99.8 cm³/mol. The van der Waals surface area contributed by atoms with Gasteiger partial charge in [-0.05, 0) is 42.0 Å². The summed E-state index contributed by atoms with van der Waals surface area (Å²) in [5, 5.41) is 2.01. The first-order valence-electron chi connectivity index (χ1n) is 8.11. The van der Waals surface area contributed by atoms with Gasteiger partial charge in [-0.25, -0.2) is 9.79 Å². The van der Waals surface area contributed by atoms with Gasteiger partial charge in [-0.15, -0.1) is 0 Å². The molecule has 0 radical (unpaired) electrons. The molecular weight excluding hydrogens is 314 g/mol. The Bertz CT molecular complexity index is 909. The van der Waals surface area contributed by atoms with Crippen molar-refractivity contribution in [3.05, 3.63) is 72.3 Å².